The van der Waals surface area contributed by atoms with Gasteiger partial charge in [-0.05, 0) is 31.4 Å². The third kappa shape index (κ3) is 4.19. The molecule has 1 N–H and O–H groups in total. The van der Waals surface area contributed by atoms with Gasteiger partial charge >= 0.3 is 0 Å². The summed E-state index contributed by atoms with van der Waals surface area (Å²) in [5.74, 6) is 1.06. The van der Waals surface area contributed by atoms with Gasteiger partial charge in [-0.25, -0.2) is 4.99 Å². The molecule has 4 nitrogen and oxygen atoms in total. The first-order valence-electron chi connectivity index (χ1n) is 6.43. The van der Waals surface area contributed by atoms with Crippen LogP contribution >= 0.6 is 24.0 Å². The second-order valence-electron chi connectivity index (χ2n) is 4.55. The predicted molar refractivity (Wildman–Crippen MR) is 86.5 cm³/mol. The molecule has 0 atom stereocenters. The summed E-state index contributed by atoms with van der Waals surface area (Å²) >= 11 is 0. The van der Waals surface area contributed by atoms with Crippen molar-refractivity contribution in [1.82, 2.24) is 14.8 Å². The quantitative estimate of drug-likeness (QED) is 0.508. The molecule has 1 aliphatic rings. The molecule has 1 saturated heterocycles. The summed E-state index contributed by atoms with van der Waals surface area (Å²) in [4.78, 5) is 7.05. The van der Waals surface area contributed by atoms with Crippen LogP contribution in [0.15, 0.2) is 23.5 Å². The first-order valence-corrected chi connectivity index (χ1v) is 6.43. The smallest absolute Gasteiger partial charge is 0.194 e. The number of hydrogen-bond donors (Lipinski definition) is 1. The minimum absolute atomic E-state index is 0. The van der Waals surface area contributed by atoms with E-state index < -0.39 is 0 Å². The molecule has 0 unspecified atom stereocenters. The lowest BCUT2D eigenvalue weighted by atomic mass is 10.3. The Hall–Kier alpha value is -0.720. The summed E-state index contributed by atoms with van der Waals surface area (Å²) in [5.41, 5.74) is 1.27. The number of aryl methyl sites for hydroxylation is 1. The van der Waals surface area contributed by atoms with Crippen molar-refractivity contribution in [3.63, 3.8) is 0 Å². The van der Waals surface area contributed by atoms with Crippen molar-refractivity contribution in [1.29, 1.82) is 0 Å². The molecular formula is C13H23IN4. The van der Waals surface area contributed by atoms with Gasteiger partial charge < -0.3 is 14.8 Å². The standard InChI is InChI=1S/C13H22N4.HI/c1-3-14-13(17-7-4-5-8-17)15-10-12-6-9-16(2)11-12;/h6,9,11H,3-5,7-8,10H2,1-2H3,(H,14,15);1H. The number of nitrogens with one attached hydrogen (secondary N) is 1. The molecule has 1 aromatic rings. The van der Waals surface area contributed by atoms with Crippen LogP contribution in [0.5, 0.6) is 0 Å². The largest absolute Gasteiger partial charge is 0.357 e. The zero-order valence-electron chi connectivity index (χ0n) is 11.2. The molecule has 2 heterocycles. The fourth-order valence-electron chi connectivity index (χ4n) is 2.18. The highest BCUT2D eigenvalue weighted by Gasteiger charge is 2.15. The summed E-state index contributed by atoms with van der Waals surface area (Å²) in [6, 6.07) is 2.12. The van der Waals surface area contributed by atoms with Gasteiger partial charge in [-0.1, -0.05) is 0 Å². The summed E-state index contributed by atoms with van der Waals surface area (Å²) in [6.07, 6.45) is 6.76. The summed E-state index contributed by atoms with van der Waals surface area (Å²) in [5, 5.41) is 3.37. The molecule has 102 valence electrons. The lowest BCUT2D eigenvalue weighted by molar-refractivity contribution is 0.493. The Morgan fingerprint density at radius 1 is 1.39 bits per heavy atom. The average Bonchev–Trinajstić information content (AvgIpc) is 2.95. The van der Waals surface area contributed by atoms with Gasteiger partial charge in [0, 0.05) is 39.1 Å². The molecule has 1 aromatic heterocycles. The summed E-state index contributed by atoms with van der Waals surface area (Å²) in [7, 11) is 2.04. The first-order chi connectivity index (χ1) is 8.29. The molecule has 0 aliphatic carbocycles. The predicted octanol–water partition coefficient (Wildman–Crippen LogP) is 2.20. The van der Waals surface area contributed by atoms with Gasteiger partial charge in [0.05, 0.1) is 6.54 Å². The normalized spacial score (nSPS) is 15.7. The second kappa shape index (κ2) is 7.66. The maximum absolute atomic E-state index is 4.70. The molecule has 1 fully saturated rings. The van der Waals surface area contributed by atoms with Crippen molar-refractivity contribution in [3.8, 4) is 0 Å². The van der Waals surface area contributed by atoms with E-state index in [4.69, 9.17) is 4.99 Å². The molecule has 0 spiro atoms. The van der Waals surface area contributed by atoms with E-state index >= 15 is 0 Å². The van der Waals surface area contributed by atoms with E-state index in [9.17, 15) is 0 Å². The van der Waals surface area contributed by atoms with Gasteiger partial charge in [0.2, 0.25) is 0 Å². The number of aliphatic imine (C=N–C) groups is 1. The van der Waals surface area contributed by atoms with Crippen molar-refractivity contribution < 1.29 is 0 Å². The molecule has 0 amide bonds. The highest BCUT2D eigenvalue weighted by Crippen LogP contribution is 2.08. The Balaban J connectivity index is 0.00000162. The van der Waals surface area contributed by atoms with Crippen LogP contribution in [0.2, 0.25) is 0 Å². The molecule has 0 bridgehead atoms. The summed E-state index contributed by atoms with van der Waals surface area (Å²) in [6.45, 7) is 6.10. The van der Waals surface area contributed by atoms with E-state index in [0.717, 1.165) is 32.1 Å². The van der Waals surface area contributed by atoms with Crippen LogP contribution in [0.4, 0.5) is 0 Å². The zero-order chi connectivity index (χ0) is 12.1. The van der Waals surface area contributed by atoms with Gasteiger partial charge in [0.1, 0.15) is 0 Å². The van der Waals surface area contributed by atoms with Crippen molar-refractivity contribution in [2.24, 2.45) is 12.0 Å². The lowest BCUT2D eigenvalue weighted by Gasteiger charge is -2.20. The van der Waals surface area contributed by atoms with Crippen LogP contribution in [-0.4, -0.2) is 35.1 Å². The molecule has 2 rings (SSSR count). The number of rotatable bonds is 3. The third-order valence-corrected chi connectivity index (χ3v) is 3.05. The topological polar surface area (TPSA) is 32.6 Å². The zero-order valence-corrected chi connectivity index (χ0v) is 13.6. The van der Waals surface area contributed by atoms with Gasteiger partial charge in [-0.3, -0.25) is 0 Å². The van der Waals surface area contributed by atoms with Gasteiger partial charge in [-0.2, -0.15) is 0 Å². The van der Waals surface area contributed by atoms with Gasteiger partial charge in [0.25, 0.3) is 0 Å². The van der Waals surface area contributed by atoms with Crippen molar-refractivity contribution >= 4 is 29.9 Å². The fraction of sp³-hybridized carbons (Fsp3) is 0.615. The number of aromatic nitrogens is 1. The van der Waals surface area contributed by atoms with E-state index in [1.54, 1.807) is 0 Å². The van der Waals surface area contributed by atoms with Crippen molar-refractivity contribution in [2.45, 2.75) is 26.3 Å². The maximum Gasteiger partial charge on any atom is 0.194 e. The number of hydrogen-bond acceptors (Lipinski definition) is 1. The van der Waals surface area contributed by atoms with E-state index in [0.29, 0.717) is 0 Å². The lowest BCUT2D eigenvalue weighted by Crippen LogP contribution is -2.39. The van der Waals surface area contributed by atoms with Gasteiger partial charge in [0.15, 0.2) is 5.96 Å². The van der Waals surface area contributed by atoms with Crippen LogP contribution in [0, 0.1) is 0 Å². The third-order valence-electron chi connectivity index (χ3n) is 3.05. The minimum atomic E-state index is 0. The Kier molecular flexibility index (Phi) is 6.52. The van der Waals surface area contributed by atoms with Crippen LogP contribution in [0.3, 0.4) is 0 Å². The Morgan fingerprint density at radius 2 is 2.11 bits per heavy atom. The monoisotopic (exact) mass is 362 g/mol. The van der Waals surface area contributed by atoms with Gasteiger partial charge in [-0.15, -0.1) is 24.0 Å². The van der Waals surface area contributed by atoms with Crippen LogP contribution in [0.1, 0.15) is 25.3 Å². The molecular weight excluding hydrogens is 339 g/mol. The van der Waals surface area contributed by atoms with Crippen molar-refractivity contribution in [2.75, 3.05) is 19.6 Å². The first kappa shape index (κ1) is 15.3. The van der Waals surface area contributed by atoms with E-state index in [1.807, 2.05) is 7.05 Å². The van der Waals surface area contributed by atoms with Crippen LogP contribution in [0.25, 0.3) is 0 Å². The number of halogens is 1. The fourth-order valence-corrected chi connectivity index (χ4v) is 2.18. The Bertz CT molecular complexity index is 380. The number of nitrogens with zero attached hydrogens (tertiary/aromatic N) is 3. The van der Waals surface area contributed by atoms with E-state index in [-0.39, 0.29) is 24.0 Å². The molecule has 18 heavy (non-hydrogen) atoms. The SMILES string of the molecule is CCNC(=NCc1ccn(C)c1)N1CCCC1.I. The highest BCUT2D eigenvalue weighted by atomic mass is 127. The van der Waals surface area contributed by atoms with Crippen molar-refractivity contribution in [3.05, 3.63) is 24.0 Å². The van der Waals surface area contributed by atoms with Crippen LogP contribution in [-0.2, 0) is 13.6 Å². The molecule has 0 saturated carbocycles. The molecule has 0 aromatic carbocycles. The average molecular weight is 362 g/mol. The molecule has 5 heteroatoms. The Morgan fingerprint density at radius 3 is 2.67 bits per heavy atom. The maximum atomic E-state index is 4.70. The Labute approximate surface area is 126 Å². The van der Waals surface area contributed by atoms with Crippen LogP contribution < -0.4 is 5.32 Å². The summed E-state index contributed by atoms with van der Waals surface area (Å²) < 4.78 is 2.06. The minimum Gasteiger partial charge on any atom is -0.357 e. The number of guanidine groups is 1. The second-order valence-corrected chi connectivity index (χ2v) is 4.55. The van der Waals surface area contributed by atoms with E-state index in [2.05, 4.69) is 40.2 Å². The molecule has 0 radical (unpaired) electrons. The number of likely N-dealkylation sites (tertiary alicyclic amines) is 1. The molecule has 1 aliphatic heterocycles. The van der Waals surface area contributed by atoms with E-state index in [1.165, 1.54) is 18.4 Å². The highest BCUT2D eigenvalue weighted by molar-refractivity contribution is 14.0.